The Hall–Kier alpha value is -1.49. The molecule has 0 amide bonds. The van der Waals surface area contributed by atoms with Crippen molar-refractivity contribution in [2.24, 2.45) is 0 Å². The number of rotatable bonds is 3. The number of hydrogen-bond acceptors (Lipinski definition) is 5. The van der Waals surface area contributed by atoms with Crippen molar-refractivity contribution < 1.29 is 4.74 Å². The summed E-state index contributed by atoms with van der Waals surface area (Å²) in [5, 5.41) is 2.53. The Labute approximate surface area is 79.3 Å². The molecular formula is C8H7N3OS. The summed E-state index contributed by atoms with van der Waals surface area (Å²) in [7, 11) is 0. The van der Waals surface area contributed by atoms with Gasteiger partial charge in [0.05, 0.1) is 11.9 Å². The first kappa shape index (κ1) is 8.12. The fraction of sp³-hybridized carbons (Fsp3) is 0.125. The summed E-state index contributed by atoms with van der Waals surface area (Å²) in [5.74, 6) is 0. The van der Waals surface area contributed by atoms with Gasteiger partial charge in [0.15, 0.2) is 0 Å². The van der Waals surface area contributed by atoms with Gasteiger partial charge in [0.2, 0.25) is 0 Å². The summed E-state index contributed by atoms with van der Waals surface area (Å²) < 4.78 is 5.34. The van der Waals surface area contributed by atoms with Crippen molar-refractivity contribution in [1.82, 2.24) is 15.0 Å². The third-order valence-corrected chi connectivity index (χ3v) is 2.05. The van der Waals surface area contributed by atoms with Crippen molar-refractivity contribution >= 4 is 11.3 Å². The Kier molecular flexibility index (Phi) is 2.47. The summed E-state index contributed by atoms with van der Waals surface area (Å²) in [5.41, 5.74) is 0.803. The van der Waals surface area contributed by atoms with Gasteiger partial charge in [-0.3, -0.25) is 9.97 Å². The van der Waals surface area contributed by atoms with Crippen LogP contribution in [0.4, 0.5) is 0 Å². The molecule has 2 heterocycles. The van der Waals surface area contributed by atoms with Crippen molar-refractivity contribution in [1.29, 1.82) is 0 Å². The first-order valence-electron chi connectivity index (χ1n) is 3.72. The molecule has 2 rings (SSSR count). The minimum Gasteiger partial charge on any atom is -0.463 e. The summed E-state index contributed by atoms with van der Waals surface area (Å²) in [4.78, 5) is 12.0. The molecule has 2 aromatic heterocycles. The van der Waals surface area contributed by atoms with Crippen LogP contribution >= 0.6 is 11.3 Å². The van der Waals surface area contributed by atoms with Gasteiger partial charge in [0, 0.05) is 24.0 Å². The third kappa shape index (κ3) is 2.22. The van der Waals surface area contributed by atoms with Crippen molar-refractivity contribution in [3.63, 3.8) is 0 Å². The number of ether oxygens (including phenoxy) is 1. The minimum absolute atomic E-state index is 0.418. The van der Waals surface area contributed by atoms with Gasteiger partial charge in [-0.25, -0.2) is 4.98 Å². The molecule has 0 unspecified atom stereocenters. The van der Waals surface area contributed by atoms with Crippen LogP contribution in [-0.4, -0.2) is 15.0 Å². The van der Waals surface area contributed by atoms with Gasteiger partial charge < -0.3 is 4.74 Å². The lowest BCUT2D eigenvalue weighted by atomic mass is 10.5. The predicted octanol–water partition coefficient (Wildman–Crippen LogP) is 1.51. The van der Waals surface area contributed by atoms with Crippen LogP contribution in [-0.2, 0) is 6.61 Å². The largest absolute Gasteiger partial charge is 0.463 e. The molecule has 4 nitrogen and oxygen atoms in total. The molecule has 2 aromatic rings. The monoisotopic (exact) mass is 193 g/mol. The fourth-order valence-corrected chi connectivity index (χ4v) is 1.31. The average Bonchev–Trinajstić information content (AvgIpc) is 2.69. The zero-order valence-corrected chi connectivity index (χ0v) is 7.57. The standard InChI is InChI=1S/C8H7N3OS/c1-2-10-7(5-9-1)6-12-8-11-3-4-13-8/h1-5H,6H2. The van der Waals surface area contributed by atoms with Gasteiger partial charge in [-0.2, -0.15) is 0 Å². The van der Waals surface area contributed by atoms with E-state index in [1.165, 1.54) is 11.3 Å². The second-order valence-corrected chi connectivity index (χ2v) is 3.14. The van der Waals surface area contributed by atoms with Crippen LogP contribution in [0.2, 0.25) is 0 Å². The molecule has 0 aromatic carbocycles. The van der Waals surface area contributed by atoms with E-state index in [-0.39, 0.29) is 0 Å². The molecule has 0 atom stereocenters. The number of nitrogens with zero attached hydrogens (tertiary/aromatic N) is 3. The van der Waals surface area contributed by atoms with Gasteiger partial charge in [0.25, 0.3) is 5.19 Å². The molecule has 0 radical (unpaired) electrons. The Morgan fingerprint density at radius 2 is 2.23 bits per heavy atom. The van der Waals surface area contributed by atoms with E-state index >= 15 is 0 Å². The molecule has 0 saturated heterocycles. The molecule has 0 spiro atoms. The van der Waals surface area contributed by atoms with Crippen LogP contribution in [0.25, 0.3) is 0 Å². The maximum atomic E-state index is 5.34. The third-order valence-electron chi connectivity index (χ3n) is 1.37. The average molecular weight is 193 g/mol. The van der Waals surface area contributed by atoms with Crippen molar-refractivity contribution in [3.8, 4) is 5.19 Å². The van der Waals surface area contributed by atoms with Crippen LogP contribution in [0.1, 0.15) is 5.69 Å². The maximum Gasteiger partial charge on any atom is 0.273 e. The lowest BCUT2D eigenvalue weighted by Gasteiger charge is -1.99. The van der Waals surface area contributed by atoms with Crippen LogP contribution in [0.3, 0.4) is 0 Å². The quantitative estimate of drug-likeness (QED) is 0.741. The van der Waals surface area contributed by atoms with E-state index in [0.717, 1.165) is 5.69 Å². The van der Waals surface area contributed by atoms with Crippen LogP contribution < -0.4 is 4.74 Å². The van der Waals surface area contributed by atoms with E-state index in [9.17, 15) is 0 Å². The lowest BCUT2D eigenvalue weighted by molar-refractivity contribution is 0.299. The highest BCUT2D eigenvalue weighted by Crippen LogP contribution is 2.14. The predicted molar refractivity (Wildman–Crippen MR) is 48.5 cm³/mol. The van der Waals surface area contributed by atoms with Gasteiger partial charge in [-0.05, 0) is 0 Å². The Bertz CT molecular complexity index is 349. The Morgan fingerprint density at radius 3 is 2.92 bits per heavy atom. The van der Waals surface area contributed by atoms with E-state index < -0.39 is 0 Å². The molecule has 0 N–H and O–H groups in total. The van der Waals surface area contributed by atoms with E-state index in [2.05, 4.69) is 15.0 Å². The summed E-state index contributed by atoms with van der Waals surface area (Å²) in [6.45, 7) is 0.418. The molecule has 66 valence electrons. The Balaban J connectivity index is 1.94. The highest BCUT2D eigenvalue weighted by atomic mass is 32.1. The molecule has 0 aliphatic carbocycles. The SMILES string of the molecule is c1cnc(COc2nccs2)cn1. The van der Waals surface area contributed by atoms with Gasteiger partial charge in [-0.1, -0.05) is 11.3 Å². The van der Waals surface area contributed by atoms with E-state index in [4.69, 9.17) is 4.74 Å². The molecule has 5 heteroatoms. The highest BCUT2D eigenvalue weighted by Gasteiger charge is 1.97. The topological polar surface area (TPSA) is 47.9 Å². The normalized spacial score (nSPS) is 9.85. The first-order valence-corrected chi connectivity index (χ1v) is 4.60. The molecule has 0 saturated carbocycles. The lowest BCUT2D eigenvalue weighted by Crippen LogP contribution is -1.97. The fourth-order valence-electron chi connectivity index (χ4n) is 0.822. The second kappa shape index (κ2) is 3.95. The van der Waals surface area contributed by atoms with Crippen molar-refractivity contribution in [2.75, 3.05) is 0 Å². The van der Waals surface area contributed by atoms with Crippen LogP contribution in [0, 0.1) is 0 Å². The zero-order valence-electron chi connectivity index (χ0n) is 6.75. The summed E-state index contributed by atoms with van der Waals surface area (Å²) in [6.07, 6.45) is 6.65. The molecule has 0 fully saturated rings. The summed E-state index contributed by atoms with van der Waals surface area (Å²) in [6, 6.07) is 0. The van der Waals surface area contributed by atoms with Crippen molar-refractivity contribution in [2.45, 2.75) is 6.61 Å². The minimum atomic E-state index is 0.418. The van der Waals surface area contributed by atoms with Gasteiger partial charge in [0.1, 0.15) is 6.61 Å². The van der Waals surface area contributed by atoms with E-state index in [0.29, 0.717) is 11.8 Å². The summed E-state index contributed by atoms with van der Waals surface area (Å²) >= 11 is 1.46. The van der Waals surface area contributed by atoms with E-state index in [1.807, 2.05) is 5.38 Å². The zero-order chi connectivity index (χ0) is 8.93. The van der Waals surface area contributed by atoms with Gasteiger partial charge in [-0.15, -0.1) is 0 Å². The highest BCUT2D eigenvalue weighted by molar-refractivity contribution is 7.11. The first-order chi connectivity index (χ1) is 6.45. The number of hydrogen-bond donors (Lipinski definition) is 0. The van der Waals surface area contributed by atoms with Crippen LogP contribution in [0.15, 0.2) is 30.2 Å². The second-order valence-electron chi connectivity index (χ2n) is 2.28. The molecule has 0 bridgehead atoms. The maximum absolute atomic E-state index is 5.34. The smallest absolute Gasteiger partial charge is 0.273 e. The van der Waals surface area contributed by atoms with Gasteiger partial charge >= 0.3 is 0 Å². The molecule has 13 heavy (non-hydrogen) atoms. The number of thiazole rings is 1. The van der Waals surface area contributed by atoms with Crippen LogP contribution in [0.5, 0.6) is 5.19 Å². The van der Waals surface area contributed by atoms with E-state index in [1.54, 1.807) is 24.8 Å². The number of aromatic nitrogens is 3. The molecule has 0 aliphatic rings. The van der Waals surface area contributed by atoms with Crippen molar-refractivity contribution in [3.05, 3.63) is 35.9 Å². The Morgan fingerprint density at radius 1 is 1.23 bits per heavy atom. The molecular weight excluding hydrogens is 186 g/mol. The molecule has 0 aliphatic heterocycles.